The van der Waals surface area contributed by atoms with Gasteiger partial charge in [0.05, 0.1) is 0 Å². The molecule has 3 rings (SSSR count). The van der Waals surface area contributed by atoms with E-state index in [4.69, 9.17) is 0 Å². The van der Waals surface area contributed by atoms with Crippen LogP contribution >= 0.6 is 0 Å². The zero-order chi connectivity index (χ0) is 15.7. The first kappa shape index (κ1) is 21.2. The Balaban J connectivity index is 0.00000156. The van der Waals surface area contributed by atoms with Gasteiger partial charge in [-0.25, -0.2) is 0 Å². The standard InChI is InChI=1S/C21H18N2.2Li/c1-4-10-18(11-5-1)16-21(17-19-12-6-2-7-13-19)23-22-20-14-8-3-9-15-20;;/h1-16H,17H2;;/q-2;2*+1/b23-21+;;. The third kappa shape index (κ3) is 7.31. The summed E-state index contributed by atoms with van der Waals surface area (Å²) in [4.78, 5) is 0. The Morgan fingerprint density at radius 1 is 0.720 bits per heavy atom. The minimum Gasteiger partial charge on any atom is -0.576 e. The maximum absolute atomic E-state index is 4.47. The molecular formula is C21H18Li2N2. The van der Waals surface area contributed by atoms with Crippen LogP contribution in [0.25, 0.3) is 5.43 Å². The zero-order valence-electron chi connectivity index (χ0n) is 14.8. The summed E-state index contributed by atoms with van der Waals surface area (Å²) in [6.45, 7) is 0. The molecule has 0 heterocycles. The van der Waals surface area contributed by atoms with Crippen LogP contribution in [0, 0.1) is 6.42 Å². The molecule has 2 nitrogen and oxygen atoms in total. The molecule has 0 saturated heterocycles. The van der Waals surface area contributed by atoms with Gasteiger partial charge in [-0.2, -0.15) is 17.7 Å². The van der Waals surface area contributed by atoms with E-state index in [0.717, 1.165) is 23.4 Å². The van der Waals surface area contributed by atoms with Crippen LogP contribution in [0.4, 0.5) is 5.69 Å². The van der Waals surface area contributed by atoms with E-state index in [1.807, 2.05) is 66.7 Å². The van der Waals surface area contributed by atoms with Crippen LogP contribution in [0.15, 0.2) is 96.1 Å². The van der Waals surface area contributed by atoms with Gasteiger partial charge in [0, 0.05) is 6.42 Å². The Bertz CT molecular complexity index is 701. The summed E-state index contributed by atoms with van der Waals surface area (Å²) in [5, 5.41) is 4.47. The molecule has 0 fully saturated rings. The minimum absolute atomic E-state index is 0. The molecule has 4 heteroatoms. The number of hydrogen-bond acceptors (Lipinski definition) is 1. The predicted octanol–water partition coefficient (Wildman–Crippen LogP) is -0.449. The molecule has 0 saturated carbocycles. The molecule has 0 spiro atoms. The topological polar surface area (TPSA) is 26.5 Å². The second-order valence-corrected chi connectivity index (χ2v) is 5.24. The van der Waals surface area contributed by atoms with Crippen LogP contribution in [-0.4, -0.2) is 5.71 Å². The summed E-state index contributed by atoms with van der Waals surface area (Å²) in [5.41, 5.74) is 8.51. The molecule has 114 valence electrons. The van der Waals surface area contributed by atoms with Crippen molar-refractivity contribution in [2.75, 3.05) is 0 Å². The maximum atomic E-state index is 4.47. The van der Waals surface area contributed by atoms with Crippen molar-refractivity contribution in [1.82, 2.24) is 0 Å². The first-order valence-corrected chi connectivity index (χ1v) is 7.66. The van der Waals surface area contributed by atoms with E-state index in [9.17, 15) is 0 Å². The molecule has 0 N–H and O–H groups in total. The van der Waals surface area contributed by atoms with E-state index in [0.29, 0.717) is 0 Å². The molecule has 3 aromatic rings. The molecule has 0 aliphatic carbocycles. The molecule has 0 bridgehead atoms. The summed E-state index contributed by atoms with van der Waals surface area (Å²) >= 11 is 0. The van der Waals surface area contributed by atoms with Gasteiger partial charge in [-0.15, -0.1) is 24.2 Å². The molecular weight excluding hydrogens is 294 g/mol. The van der Waals surface area contributed by atoms with Crippen molar-refractivity contribution in [1.29, 1.82) is 0 Å². The number of nitrogens with zero attached hydrogens (tertiary/aromatic N) is 2. The van der Waals surface area contributed by atoms with E-state index in [1.54, 1.807) is 0 Å². The Hall–Kier alpha value is -1.81. The molecule has 0 amide bonds. The van der Waals surface area contributed by atoms with Gasteiger partial charge in [-0.3, -0.25) is 0 Å². The van der Waals surface area contributed by atoms with Crippen LogP contribution in [0.2, 0.25) is 0 Å². The van der Waals surface area contributed by atoms with Crippen molar-refractivity contribution in [2.24, 2.45) is 5.10 Å². The normalized spacial score (nSPS) is 10.2. The van der Waals surface area contributed by atoms with Crippen LogP contribution in [-0.2, 0) is 6.42 Å². The summed E-state index contributed by atoms with van der Waals surface area (Å²) < 4.78 is 0. The fourth-order valence-electron chi connectivity index (χ4n) is 2.28. The van der Waals surface area contributed by atoms with Crippen molar-refractivity contribution < 1.29 is 37.7 Å². The number of benzene rings is 3. The average Bonchev–Trinajstić information content (AvgIpc) is 2.62. The Morgan fingerprint density at radius 3 is 1.84 bits per heavy atom. The van der Waals surface area contributed by atoms with Gasteiger partial charge in [-0.05, 0) is 11.3 Å². The van der Waals surface area contributed by atoms with Gasteiger partial charge in [0.25, 0.3) is 0 Å². The first-order chi connectivity index (χ1) is 11.4. The van der Waals surface area contributed by atoms with Crippen LogP contribution in [0.1, 0.15) is 11.1 Å². The SMILES string of the molecule is [Li+].[Li+].c1ccc([CH-]/C(Cc2ccccc2)=N\[N-]c2ccccc2)cc1. The molecule has 0 unspecified atom stereocenters. The molecule has 0 aromatic heterocycles. The van der Waals surface area contributed by atoms with Crippen molar-refractivity contribution in [3.63, 3.8) is 0 Å². The van der Waals surface area contributed by atoms with Crippen LogP contribution < -0.4 is 37.7 Å². The van der Waals surface area contributed by atoms with Crippen molar-refractivity contribution in [3.05, 3.63) is 114 Å². The smallest absolute Gasteiger partial charge is 0.576 e. The minimum atomic E-state index is 0. The maximum Gasteiger partial charge on any atom is 1.00 e. The van der Waals surface area contributed by atoms with E-state index in [2.05, 4.69) is 41.2 Å². The fraction of sp³-hybridized carbons (Fsp3) is 0.0476. The monoisotopic (exact) mass is 312 g/mol. The Labute approximate surface area is 174 Å². The summed E-state index contributed by atoms with van der Waals surface area (Å²) in [6, 6.07) is 30.4. The number of rotatable bonds is 6. The largest absolute Gasteiger partial charge is 1.00 e. The van der Waals surface area contributed by atoms with E-state index in [-0.39, 0.29) is 37.7 Å². The van der Waals surface area contributed by atoms with Crippen molar-refractivity contribution in [3.8, 4) is 0 Å². The van der Waals surface area contributed by atoms with Gasteiger partial charge < -0.3 is 10.5 Å². The van der Waals surface area contributed by atoms with E-state index in [1.165, 1.54) is 5.56 Å². The third-order valence-corrected chi connectivity index (χ3v) is 3.41. The van der Waals surface area contributed by atoms with Crippen LogP contribution in [0.5, 0.6) is 0 Å². The quantitative estimate of drug-likeness (QED) is 0.255. The van der Waals surface area contributed by atoms with Gasteiger partial charge in [-0.1, -0.05) is 66.7 Å². The van der Waals surface area contributed by atoms with Gasteiger partial charge in [0.2, 0.25) is 0 Å². The Kier molecular flexibility index (Phi) is 9.94. The van der Waals surface area contributed by atoms with E-state index >= 15 is 0 Å². The molecule has 0 atom stereocenters. The zero-order valence-corrected chi connectivity index (χ0v) is 14.8. The molecule has 0 aliphatic rings. The Morgan fingerprint density at radius 2 is 1.24 bits per heavy atom. The van der Waals surface area contributed by atoms with Gasteiger partial charge >= 0.3 is 37.7 Å². The van der Waals surface area contributed by atoms with Crippen molar-refractivity contribution in [2.45, 2.75) is 6.42 Å². The molecule has 0 aliphatic heterocycles. The van der Waals surface area contributed by atoms with Gasteiger partial charge in [0.15, 0.2) is 0 Å². The number of hydrogen-bond donors (Lipinski definition) is 0. The van der Waals surface area contributed by atoms with Crippen LogP contribution in [0.3, 0.4) is 0 Å². The second-order valence-electron chi connectivity index (χ2n) is 5.24. The fourth-order valence-corrected chi connectivity index (χ4v) is 2.28. The first-order valence-electron chi connectivity index (χ1n) is 7.66. The summed E-state index contributed by atoms with van der Waals surface area (Å²) in [6.07, 6.45) is 2.84. The molecule has 3 aromatic carbocycles. The summed E-state index contributed by atoms with van der Waals surface area (Å²) in [5.74, 6) is 0. The summed E-state index contributed by atoms with van der Waals surface area (Å²) in [7, 11) is 0. The third-order valence-electron chi connectivity index (χ3n) is 3.41. The predicted molar refractivity (Wildman–Crippen MR) is 96.9 cm³/mol. The molecule has 0 radical (unpaired) electrons. The second kappa shape index (κ2) is 11.7. The molecule has 25 heavy (non-hydrogen) atoms. The van der Waals surface area contributed by atoms with Crippen molar-refractivity contribution >= 4 is 11.4 Å². The van der Waals surface area contributed by atoms with Gasteiger partial charge in [0.1, 0.15) is 0 Å². The average molecular weight is 312 g/mol. The van der Waals surface area contributed by atoms with E-state index < -0.39 is 0 Å².